The van der Waals surface area contributed by atoms with E-state index in [0.717, 1.165) is 12.8 Å². The van der Waals surface area contributed by atoms with E-state index < -0.39 is 18.1 Å². The number of unbranched alkanes of at least 4 members (excludes halogenated alkanes) is 1. The van der Waals surface area contributed by atoms with Gasteiger partial charge in [-0.05, 0) is 6.42 Å². The fraction of sp³-hybridized carbons (Fsp3) is 0.778. The Hall–Kier alpha value is -1.01. The largest absolute Gasteiger partial charge is 0.467 e. The maximum atomic E-state index is 11.1. The van der Waals surface area contributed by atoms with E-state index in [1.54, 1.807) is 0 Å². The highest BCUT2D eigenvalue weighted by atomic mass is 35.5. The number of nitrogens with one attached hydrogen (secondary N) is 1. The van der Waals surface area contributed by atoms with E-state index in [1.807, 2.05) is 6.92 Å². The Balaban J connectivity index is 0. The Bertz CT molecular complexity index is 214. The molecule has 0 bridgehead atoms. The summed E-state index contributed by atoms with van der Waals surface area (Å²) in [6.45, 7) is 2.30. The molecule has 0 aliphatic carbocycles. The van der Waals surface area contributed by atoms with Crippen molar-refractivity contribution < 1.29 is 19.1 Å². The molecule has 3 N–H and O–H groups in total. The fourth-order valence-electron chi connectivity index (χ4n) is 0.849. The molecule has 0 aromatic heterocycles. The number of rotatable bonds is 6. The van der Waals surface area contributed by atoms with E-state index in [2.05, 4.69) is 10.1 Å². The highest BCUT2D eigenvalue weighted by Crippen LogP contribution is 1.91. The van der Waals surface area contributed by atoms with Gasteiger partial charge >= 0.3 is 12.1 Å². The third-order valence-electron chi connectivity index (χ3n) is 1.74. The van der Waals surface area contributed by atoms with Crippen molar-refractivity contribution in [3.63, 3.8) is 0 Å². The maximum absolute atomic E-state index is 11.1. The lowest BCUT2D eigenvalue weighted by Gasteiger charge is -2.13. The first-order valence-corrected chi connectivity index (χ1v) is 4.86. The van der Waals surface area contributed by atoms with Crippen molar-refractivity contribution in [2.75, 3.05) is 20.3 Å². The monoisotopic (exact) mass is 254 g/mol. The Labute approximate surface area is 101 Å². The number of carbonyl (C=O) groups excluding carboxylic acids is 2. The summed E-state index contributed by atoms with van der Waals surface area (Å²) in [4.78, 5) is 22.1. The smallest absolute Gasteiger partial charge is 0.407 e. The van der Waals surface area contributed by atoms with E-state index in [1.165, 1.54) is 7.11 Å². The second-order valence-electron chi connectivity index (χ2n) is 2.95. The number of halogens is 1. The summed E-state index contributed by atoms with van der Waals surface area (Å²) in [7, 11) is 1.23. The van der Waals surface area contributed by atoms with Crippen LogP contribution in [0.5, 0.6) is 0 Å². The second kappa shape index (κ2) is 10.5. The van der Waals surface area contributed by atoms with Gasteiger partial charge in [0.05, 0.1) is 13.7 Å². The molecule has 0 spiro atoms. The standard InChI is InChI=1S/C9H18N2O4.ClH/c1-3-4-5-15-9(13)11-7(6-10)8(12)14-2;/h7H,3-6,10H2,1-2H3,(H,11,13);1H/t7-;/m0./s1. The van der Waals surface area contributed by atoms with Crippen LogP contribution in [0, 0.1) is 0 Å². The molecular formula is C9H19ClN2O4. The first-order valence-electron chi connectivity index (χ1n) is 4.86. The third-order valence-corrected chi connectivity index (χ3v) is 1.74. The molecule has 0 fully saturated rings. The minimum Gasteiger partial charge on any atom is -0.467 e. The zero-order valence-electron chi connectivity index (χ0n) is 9.52. The van der Waals surface area contributed by atoms with Crippen molar-refractivity contribution in [1.29, 1.82) is 0 Å². The predicted molar refractivity (Wildman–Crippen MR) is 61.5 cm³/mol. The Kier molecular flexibility index (Phi) is 11.4. The van der Waals surface area contributed by atoms with Crippen LogP contribution >= 0.6 is 12.4 Å². The number of esters is 1. The molecule has 0 aromatic carbocycles. The Morgan fingerprint density at radius 3 is 2.50 bits per heavy atom. The van der Waals surface area contributed by atoms with E-state index >= 15 is 0 Å². The van der Waals surface area contributed by atoms with Crippen LogP contribution in [0.2, 0.25) is 0 Å². The van der Waals surface area contributed by atoms with E-state index in [0.29, 0.717) is 6.61 Å². The molecule has 0 aliphatic heterocycles. The highest BCUT2D eigenvalue weighted by Gasteiger charge is 2.19. The molecule has 16 heavy (non-hydrogen) atoms. The molecule has 7 heteroatoms. The maximum Gasteiger partial charge on any atom is 0.407 e. The summed E-state index contributed by atoms with van der Waals surface area (Å²) >= 11 is 0. The summed E-state index contributed by atoms with van der Waals surface area (Å²) in [5, 5.41) is 2.32. The molecule has 0 saturated heterocycles. The molecular weight excluding hydrogens is 236 g/mol. The number of alkyl carbamates (subject to hydrolysis) is 1. The molecule has 0 aliphatic rings. The molecule has 96 valence electrons. The van der Waals surface area contributed by atoms with Crippen LogP contribution in [0.1, 0.15) is 19.8 Å². The van der Waals surface area contributed by atoms with Crippen molar-refractivity contribution in [1.82, 2.24) is 5.32 Å². The van der Waals surface area contributed by atoms with E-state index in [4.69, 9.17) is 10.5 Å². The minimum atomic E-state index is -0.843. The first kappa shape index (κ1) is 17.4. The summed E-state index contributed by atoms with van der Waals surface area (Å²) in [5.41, 5.74) is 5.28. The number of amides is 1. The zero-order valence-corrected chi connectivity index (χ0v) is 10.3. The molecule has 0 saturated carbocycles. The number of methoxy groups -OCH3 is 1. The molecule has 0 rings (SSSR count). The lowest BCUT2D eigenvalue weighted by molar-refractivity contribution is -0.142. The normalized spacial score (nSPS) is 10.9. The number of hydrogen-bond acceptors (Lipinski definition) is 5. The number of hydrogen-bond donors (Lipinski definition) is 2. The quantitative estimate of drug-likeness (QED) is 0.530. The molecule has 0 radical (unpaired) electrons. The van der Waals surface area contributed by atoms with Crippen molar-refractivity contribution >= 4 is 24.5 Å². The van der Waals surface area contributed by atoms with Crippen LogP contribution in [0.25, 0.3) is 0 Å². The van der Waals surface area contributed by atoms with Gasteiger partial charge in [0.2, 0.25) is 0 Å². The summed E-state index contributed by atoms with van der Waals surface area (Å²) in [6, 6.07) is -0.843. The summed E-state index contributed by atoms with van der Waals surface area (Å²) in [6.07, 6.45) is 1.08. The molecule has 0 heterocycles. The van der Waals surface area contributed by atoms with Crippen LogP contribution in [0.15, 0.2) is 0 Å². The summed E-state index contributed by atoms with van der Waals surface area (Å²) in [5.74, 6) is -0.579. The minimum absolute atomic E-state index is 0. The van der Waals surface area contributed by atoms with Crippen LogP contribution in [0.4, 0.5) is 4.79 Å². The lowest BCUT2D eigenvalue weighted by atomic mass is 10.3. The molecule has 6 nitrogen and oxygen atoms in total. The molecule has 1 amide bonds. The molecule has 0 unspecified atom stereocenters. The van der Waals surface area contributed by atoms with Gasteiger partial charge in [-0.15, -0.1) is 12.4 Å². The third kappa shape index (κ3) is 7.30. The topological polar surface area (TPSA) is 90.6 Å². The highest BCUT2D eigenvalue weighted by molar-refractivity contribution is 5.85. The van der Waals surface area contributed by atoms with Gasteiger partial charge in [0.1, 0.15) is 6.04 Å². The summed E-state index contributed by atoms with van der Waals surface area (Å²) < 4.78 is 9.24. The SMILES string of the molecule is CCCCOC(=O)N[C@@H](CN)C(=O)OC.Cl. The van der Waals surface area contributed by atoms with Gasteiger partial charge in [-0.1, -0.05) is 13.3 Å². The second-order valence-corrected chi connectivity index (χ2v) is 2.95. The van der Waals surface area contributed by atoms with E-state index in [9.17, 15) is 9.59 Å². The molecule has 1 atom stereocenters. The molecule has 0 aromatic rings. The van der Waals surface area contributed by atoms with Crippen molar-refractivity contribution in [3.05, 3.63) is 0 Å². The Morgan fingerprint density at radius 1 is 1.44 bits per heavy atom. The van der Waals surface area contributed by atoms with Crippen molar-refractivity contribution in [2.24, 2.45) is 5.73 Å². The van der Waals surface area contributed by atoms with Gasteiger partial charge in [-0.25, -0.2) is 9.59 Å². The van der Waals surface area contributed by atoms with Crippen LogP contribution in [-0.2, 0) is 14.3 Å². The van der Waals surface area contributed by atoms with Gasteiger partial charge in [-0.2, -0.15) is 0 Å². The van der Waals surface area contributed by atoms with Gasteiger partial charge < -0.3 is 20.5 Å². The average Bonchev–Trinajstić information content (AvgIpc) is 2.25. The van der Waals surface area contributed by atoms with Crippen molar-refractivity contribution in [2.45, 2.75) is 25.8 Å². The zero-order chi connectivity index (χ0) is 11.7. The number of carbonyl (C=O) groups is 2. The Morgan fingerprint density at radius 2 is 2.06 bits per heavy atom. The number of nitrogens with two attached hydrogens (primary N) is 1. The van der Waals surface area contributed by atoms with Gasteiger partial charge in [0.25, 0.3) is 0 Å². The van der Waals surface area contributed by atoms with Crippen LogP contribution in [0.3, 0.4) is 0 Å². The van der Waals surface area contributed by atoms with Crippen LogP contribution < -0.4 is 11.1 Å². The fourth-order valence-corrected chi connectivity index (χ4v) is 0.849. The van der Waals surface area contributed by atoms with E-state index in [-0.39, 0.29) is 19.0 Å². The van der Waals surface area contributed by atoms with Gasteiger partial charge in [-0.3, -0.25) is 0 Å². The van der Waals surface area contributed by atoms with Gasteiger partial charge in [0, 0.05) is 6.54 Å². The lowest BCUT2D eigenvalue weighted by Crippen LogP contribution is -2.46. The predicted octanol–water partition coefficient (Wildman–Crippen LogP) is 0.435. The van der Waals surface area contributed by atoms with Crippen molar-refractivity contribution in [3.8, 4) is 0 Å². The first-order chi connectivity index (χ1) is 7.15. The average molecular weight is 255 g/mol. The number of ether oxygens (including phenoxy) is 2. The van der Waals surface area contributed by atoms with Crippen LogP contribution in [-0.4, -0.2) is 38.4 Å². The van der Waals surface area contributed by atoms with Gasteiger partial charge in [0.15, 0.2) is 0 Å².